The Morgan fingerprint density at radius 2 is 2.30 bits per heavy atom. The van der Waals surface area contributed by atoms with E-state index in [0.29, 0.717) is 15.2 Å². The van der Waals surface area contributed by atoms with Gasteiger partial charge in [0.05, 0.1) is 6.61 Å². The molecule has 0 aromatic carbocycles. The van der Waals surface area contributed by atoms with Crippen molar-refractivity contribution in [3.05, 3.63) is 44.0 Å². The molecule has 6 nitrogen and oxygen atoms in total. The van der Waals surface area contributed by atoms with Gasteiger partial charge in [-0.3, -0.25) is 4.79 Å². The molecule has 0 unspecified atom stereocenters. The SMILES string of the molecule is C=CCn1c(NC(=O)c2ccc(Br)o2)c(C(=O)OCC)sc1=S. The fraction of sp³-hybridized carbons (Fsp3) is 0.214. The van der Waals surface area contributed by atoms with E-state index < -0.39 is 11.9 Å². The second-order valence-corrected chi connectivity index (χ2v) is 6.65. The minimum absolute atomic E-state index is 0.106. The second kappa shape index (κ2) is 7.71. The molecule has 0 spiro atoms. The summed E-state index contributed by atoms with van der Waals surface area (Å²) in [6.45, 7) is 5.94. The molecule has 2 aromatic rings. The molecule has 1 amide bonds. The normalized spacial score (nSPS) is 10.3. The quantitative estimate of drug-likeness (QED) is 0.432. The summed E-state index contributed by atoms with van der Waals surface area (Å²) in [5, 5.41) is 2.66. The van der Waals surface area contributed by atoms with Crippen molar-refractivity contribution in [3.8, 4) is 0 Å². The van der Waals surface area contributed by atoms with Gasteiger partial charge in [0.25, 0.3) is 5.91 Å². The molecule has 9 heteroatoms. The Bertz CT molecular complexity index is 806. The number of anilines is 1. The highest BCUT2D eigenvalue weighted by molar-refractivity contribution is 9.10. The monoisotopic (exact) mass is 416 g/mol. The molecule has 0 saturated heterocycles. The van der Waals surface area contributed by atoms with Gasteiger partial charge in [-0.1, -0.05) is 17.4 Å². The van der Waals surface area contributed by atoms with Crippen molar-refractivity contribution in [2.45, 2.75) is 13.5 Å². The molecule has 0 radical (unpaired) electrons. The topological polar surface area (TPSA) is 73.5 Å². The van der Waals surface area contributed by atoms with Crippen molar-refractivity contribution in [2.24, 2.45) is 0 Å². The standard InChI is InChI=1S/C14H13BrN2O4S2/c1-3-7-17-11(10(23-14(17)22)13(19)20-4-2)16-12(18)8-5-6-9(15)21-8/h3,5-6H,1,4,7H2,2H3,(H,16,18). The Morgan fingerprint density at radius 3 is 2.87 bits per heavy atom. The molecule has 0 saturated carbocycles. The molecule has 2 heterocycles. The number of nitrogens with one attached hydrogen (secondary N) is 1. The van der Waals surface area contributed by atoms with Gasteiger partial charge in [-0.25, -0.2) is 4.79 Å². The van der Waals surface area contributed by atoms with Gasteiger partial charge in [0, 0.05) is 6.54 Å². The van der Waals surface area contributed by atoms with Crippen LogP contribution < -0.4 is 5.32 Å². The number of ether oxygens (including phenoxy) is 1. The molecular weight excluding hydrogens is 404 g/mol. The van der Waals surface area contributed by atoms with Gasteiger partial charge in [0.1, 0.15) is 5.82 Å². The highest BCUT2D eigenvalue weighted by atomic mass is 79.9. The van der Waals surface area contributed by atoms with E-state index in [1.54, 1.807) is 23.6 Å². The predicted octanol–water partition coefficient (Wildman–Crippen LogP) is 4.25. The second-order valence-electron chi connectivity index (χ2n) is 4.22. The van der Waals surface area contributed by atoms with Crippen molar-refractivity contribution in [2.75, 3.05) is 11.9 Å². The highest BCUT2D eigenvalue weighted by Gasteiger charge is 2.23. The number of hydrogen-bond acceptors (Lipinski definition) is 6. The first-order valence-corrected chi connectivity index (χ1v) is 8.58. The first-order valence-electron chi connectivity index (χ1n) is 6.56. The first kappa shape index (κ1) is 17.6. The summed E-state index contributed by atoms with van der Waals surface area (Å²) in [6.07, 6.45) is 1.62. The Morgan fingerprint density at radius 1 is 1.57 bits per heavy atom. The molecule has 0 bridgehead atoms. The van der Waals surface area contributed by atoms with E-state index in [2.05, 4.69) is 27.8 Å². The van der Waals surface area contributed by atoms with Gasteiger partial charge in [-0.05, 0) is 47.2 Å². The van der Waals surface area contributed by atoms with Crippen LogP contribution in [0, 0.1) is 3.95 Å². The third-order valence-electron chi connectivity index (χ3n) is 2.70. The molecule has 2 aromatic heterocycles. The van der Waals surface area contributed by atoms with Crippen molar-refractivity contribution in [3.63, 3.8) is 0 Å². The van der Waals surface area contributed by atoms with E-state index in [0.717, 1.165) is 11.3 Å². The summed E-state index contributed by atoms with van der Waals surface area (Å²) >= 11 is 9.45. The van der Waals surface area contributed by atoms with E-state index in [-0.39, 0.29) is 23.1 Å². The van der Waals surface area contributed by atoms with E-state index in [1.165, 1.54) is 6.07 Å². The minimum Gasteiger partial charge on any atom is -0.462 e. The van der Waals surface area contributed by atoms with E-state index >= 15 is 0 Å². The van der Waals surface area contributed by atoms with Crippen LogP contribution in [0.1, 0.15) is 27.2 Å². The smallest absolute Gasteiger partial charge is 0.352 e. The number of allylic oxidation sites excluding steroid dienone is 1. The van der Waals surface area contributed by atoms with Gasteiger partial charge in [0.15, 0.2) is 19.3 Å². The zero-order chi connectivity index (χ0) is 17.0. The summed E-state index contributed by atoms with van der Waals surface area (Å²) in [7, 11) is 0. The largest absolute Gasteiger partial charge is 0.462 e. The first-order chi connectivity index (χ1) is 11.0. The lowest BCUT2D eigenvalue weighted by atomic mass is 10.4. The Kier molecular flexibility index (Phi) is 5.91. The molecule has 0 fully saturated rings. The van der Waals surface area contributed by atoms with Gasteiger partial charge in [-0.2, -0.15) is 0 Å². The van der Waals surface area contributed by atoms with Crippen LogP contribution in [0.5, 0.6) is 0 Å². The Balaban J connectivity index is 2.41. The number of carbonyl (C=O) groups excluding carboxylic acids is 2. The maximum atomic E-state index is 12.3. The number of hydrogen-bond donors (Lipinski definition) is 1. The minimum atomic E-state index is -0.540. The van der Waals surface area contributed by atoms with Crippen LogP contribution in [0.4, 0.5) is 5.82 Å². The Labute approximate surface area is 149 Å². The fourth-order valence-corrected chi connectivity index (χ4v) is 3.34. The van der Waals surface area contributed by atoms with Crippen LogP contribution in [-0.4, -0.2) is 23.1 Å². The molecule has 0 aliphatic carbocycles. The summed E-state index contributed by atoms with van der Waals surface area (Å²) in [5.74, 6) is -0.654. The molecule has 0 aliphatic rings. The average molecular weight is 417 g/mol. The number of esters is 1. The fourth-order valence-electron chi connectivity index (χ4n) is 1.76. The average Bonchev–Trinajstić information content (AvgIpc) is 3.06. The van der Waals surface area contributed by atoms with Gasteiger partial charge >= 0.3 is 5.97 Å². The molecular formula is C14H13BrN2O4S2. The number of aromatic nitrogens is 1. The number of thiazole rings is 1. The Hall–Kier alpha value is -1.71. The van der Waals surface area contributed by atoms with Crippen LogP contribution in [-0.2, 0) is 11.3 Å². The molecule has 23 heavy (non-hydrogen) atoms. The highest BCUT2D eigenvalue weighted by Crippen LogP contribution is 2.27. The van der Waals surface area contributed by atoms with Crippen molar-refractivity contribution in [1.29, 1.82) is 0 Å². The molecule has 2 rings (SSSR count). The number of halogens is 1. The van der Waals surface area contributed by atoms with Gasteiger partial charge in [-0.15, -0.1) is 6.58 Å². The van der Waals surface area contributed by atoms with Crippen molar-refractivity contribution in [1.82, 2.24) is 4.57 Å². The summed E-state index contributed by atoms with van der Waals surface area (Å²) < 4.78 is 12.7. The lowest BCUT2D eigenvalue weighted by molar-refractivity contribution is 0.0532. The number of furan rings is 1. The maximum Gasteiger partial charge on any atom is 0.352 e. The lowest BCUT2D eigenvalue weighted by Gasteiger charge is -2.09. The van der Waals surface area contributed by atoms with Crippen LogP contribution in [0.2, 0.25) is 0 Å². The van der Waals surface area contributed by atoms with Crippen LogP contribution in [0.15, 0.2) is 33.9 Å². The van der Waals surface area contributed by atoms with Crippen molar-refractivity contribution >= 4 is 57.2 Å². The predicted molar refractivity (Wildman–Crippen MR) is 93.7 cm³/mol. The number of amides is 1. The lowest BCUT2D eigenvalue weighted by Crippen LogP contribution is -2.17. The molecule has 0 aliphatic heterocycles. The van der Waals surface area contributed by atoms with E-state index in [1.807, 2.05) is 0 Å². The number of carbonyl (C=O) groups is 2. The summed E-state index contributed by atoms with van der Waals surface area (Å²) in [5.41, 5.74) is 0. The molecule has 0 atom stereocenters. The summed E-state index contributed by atoms with van der Waals surface area (Å²) in [6, 6.07) is 3.12. The van der Waals surface area contributed by atoms with Crippen LogP contribution in [0.3, 0.4) is 0 Å². The van der Waals surface area contributed by atoms with Gasteiger partial charge in [0.2, 0.25) is 0 Å². The molecule has 1 N–H and O–H groups in total. The van der Waals surface area contributed by atoms with Crippen molar-refractivity contribution < 1.29 is 18.7 Å². The van der Waals surface area contributed by atoms with Crippen LogP contribution in [0.25, 0.3) is 0 Å². The van der Waals surface area contributed by atoms with Crippen LogP contribution >= 0.6 is 39.5 Å². The number of rotatable bonds is 6. The van der Waals surface area contributed by atoms with Gasteiger partial charge < -0.3 is 19.0 Å². The zero-order valence-corrected chi connectivity index (χ0v) is 15.3. The van der Waals surface area contributed by atoms with E-state index in [9.17, 15) is 9.59 Å². The zero-order valence-electron chi connectivity index (χ0n) is 12.1. The third-order valence-corrected chi connectivity index (χ3v) is 4.55. The number of nitrogens with zero attached hydrogens (tertiary/aromatic N) is 1. The summed E-state index contributed by atoms with van der Waals surface area (Å²) in [4.78, 5) is 24.6. The van der Waals surface area contributed by atoms with E-state index in [4.69, 9.17) is 21.4 Å². The third kappa shape index (κ3) is 3.98. The maximum absolute atomic E-state index is 12.3. The molecule has 122 valence electrons.